The molecular weight excluding hydrogens is 194 g/mol. The molecule has 3 N–H and O–H groups in total. The predicted molar refractivity (Wildman–Crippen MR) is 63.1 cm³/mol. The van der Waals surface area contributed by atoms with Crippen LogP contribution in [0.15, 0.2) is 18.3 Å². The summed E-state index contributed by atoms with van der Waals surface area (Å²) < 4.78 is 0. The third-order valence-electron chi connectivity index (χ3n) is 1.88. The molecule has 0 spiro atoms. The van der Waals surface area contributed by atoms with Gasteiger partial charge >= 0.3 is 0 Å². The van der Waals surface area contributed by atoms with Gasteiger partial charge in [-0.25, -0.2) is 10.8 Å². The molecule has 1 heterocycles. The lowest BCUT2D eigenvalue weighted by molar-refractivity contribution is 0.896. The molecule has 0 fully saturated rings. The van der Waals surface area contributed by atoms with Crippen molar-refractivity contribution in [3.8, 4) is 0 Å². The van der Waals surface area contributed by atoms with Crippen LogP contribution >= 0.6 is 11.8 Å². The molecule has 1 rings (SSSR count). The number of aromatic nitrogens is 1. The Morgan fingerprint density at radius 3 is 2.93 bits per heavy atom. The zero-order valence-corrected chi connectivity index (χ0v) is 9.31. The summed E-state index contributed by atoms with van der Waals surface area (Å²) in [6.07, 6.45) is 4.43. The molecular formula is C10H17N3S. The van der Waals surface area contributed by atoms with Gasteiger partial charge in [0, 0.05) is 11.9 Å². The molecule has 0 aromatic carbocycles. The van der Waals surface area contributed by atoms with Crippen molar-refractivity contribution in [2.45, 2.75) is 25.5 Å². The lowest BCUT2D eigenvalue weighted by Crippen LogP contribution is -2.08. The third kappa shape index (κ3) is 3.98. The minimum absolute atomic E-state index is 0.715. The number of nitrogens with zero attached hydrogens (tertiary/aromatic N) is 1. The zero-order valence-electron chi connectivity index (χ0n) is 8.49. The van der Waals surface area contributed by atoms with Gasteiger partial charge in [-0.15, -0.1) is 0 Å². The van der Waals surface area contributed by atoms with Crippen LogP contribution in [0.4, 0.5) is 5.82 Å². The second-order valence-electron chi connectivity index (χ2n) is 3.10. The number of unbranched alkanes of at least 4 members (excludes halogenated alkanes) is 1. The van der Waals surface area contributed by atoms with Crippen LogP contribution in [0.3, 0.4) is 0 Å². The maximum atomic E-state index is 5.22. The number of hydrazine groups is 1. The first-order valence-corrected chi connectivity index (χ1v) is 6.01. The van der Waals surface area contributed by atoms with Gasteiger partial charge in [-0.2, -0.15) is 11.8 Å². The number of rotatable bonds is 6. The van der Waals surface area contributed by atoms with Crippen LogP contribution in [-0.4, -0.2) is 10.7 Å². The highest BCUT2D eigenvalue weighted by Gasteiger charge is 1.94. The Labute approximate surface area is 89.5 Å². The van der Waals surface area contributed by atoms with Gasteiger partial charge in [-0.05, 0) is 23.8 Å². The van der Waals surface area contributed by atoms with E-state index in [0.717, 1.165) is 5.75 Å². The van der Waals surface area contributed by atoms with Crippen LogP contribution in [0, 0.1) is 0 Å². The monoisotopic (exact) mass is 211 g/mol. The topological polar surface area (TPSA) is 50.9 Å². The quantitative estimate of drug-likeness (QED) is 0.431. The van der Waals surface area contributed by atoms with E-state index >= 15 is 0 Å². The molecule has 0 aliphatic rings. The average molecular weight is 211 g/mol. The van der Waals surface area contributed by atoms with E-state index in [9.17, 15) is 0 Å². The molecule has 0 aliphatic carbocycles. The van der Waals surface area contributed by atoms with Crippen LogP contribution in [0.2, 0.25) is 0 Å². The SMILES string of the molecule is CCCCSCc1ccc(NN)nc1. The number of nitrogen functional groups attached to an aromatic ring is 1. The molecule has 0 aliphatic heterocycles. The number of hydrogen-bond acceptors (Lipinski definition) is 4. The fourth-order valence-electron chi connectivity index (χ4n) is 1.03. The lowest BCUT2D eigenvalue weighted by atomic mass is 10.3. The molecule has 0 radical (unpaired) electrons. The van der Waals surface area contributed by atoms with Crippen molar-refractivity contribution in [1.29, 1.82) is 0 Å². The summed E-state index contributed by atoms with van der Waals surface area (Å²) in [6, 6.07) is 3.96. The number of anilines is 1. The maximum Gasteiger partial charge on any atom is 0.139 e. The molecule has 4 heteroatoms. The minimum Gasteiger partial charge on any atom is -0.308 e. The van der Waals surface area contributed by atoms with E-state index in [0.29, 0.717) is 5.82 Å². The van der Waals surface area contributed by atoms with Crippen molar-refractivity contribution in [3.05, 3.63) is 23.9 Å². The van der Waals surface area contributed by atoms with Crippen molar-refractivity contribution in [2.75, 3.05) is 11.2 Å². The summed E-state index contributed by atoms with van der Waals surface area (Å²) in [5.74, 6) is 8.21. The molecule has 0 atom stereocenters. The fourth-order valence-corrected chi connectivity index (χ4v) is 2.08. The van der Waals surface area contributed by atoms with Crippen LogP contribution in [0.25, 0.3) is 0 Å². The number of thioether (sulfide) groups is 1. The molecule has 78 valence electrons. The van der Waals surface area contributed by atoms with Gasteiger partial charge in [-0.1, -0.05) is 19.4 Å². The lowest BCUT2D eigenvalue weighted by Gasteiger charge is -2.02. The summed E-state index contributed by atoms with van der Waals surface area (Å²) in [5.41, 5.74) is 3.77. The Hall–Kier alpha value is -0.740. The highest BCUT2D eigenvalue weighted by molar-refractivity contribution is 7.98. The Kier molecular flexibility index (Phi) is 5.40. The molecule has 1 aromatic rings. The van der Waals surface area contributed by atoms with Gasteiger partial charge in [0.1, 0.15) is 5.82 Å². The highest BCUT2D eigenvalue weighted by Crippen LogP contribution is 2.13. The molecule has 1 aromatic heterocycles. The van der Waals surface area contributed by atoms with E-state index in [1.54, 1.807) is 0 Å². The second-order valence-corrected chi connectivity index (χ2v) is 4.21. The molecule has 14 heavy (non-hydrogen) atoms. The fraction of sp³-hybridized carbons (Fsp3) is 0.500. The predicted octanol–water partition coefficient (Wildman–Crippen LogP) is 2.40. The van der Waals surface area contributed by atoms with Crippen LogP contribution in [0.1, 0.15) is 25.3 Å². The van der Waals surface area contributed by atoms with E-state index in [2.05, 4.69) is 23.4 Å². The molecule has 3 nitrogen and oxygen atoms in total. The maximum absolute atomic E-state index is 5.22. The summed E-state index contributed by atoms with van der Waals surface area (Å²) in [6.45, 7) is 2.21. The third-order valence-corrected chi connectivity index (χ3v) is 3.00. The normalized spacial score (nSPS) is 10.1. The number of pyridine rings is 1. The largest absolute Gasteiger partial charge is 0.308 e. The first-order valence-electron chi connectivity index (χ1n) is 4.86. The van der Waals surface area contributed by atoms with Crippen molar-refractivity contribution in [2.24, 2.45) is 5.84 Å². The minimum atomic E-state index is 0.715. The second kappa shape index (κ2) is 6.68. The molecule has 0 unspecified atom stereocenters. The smallest absolute Gasteiger partial charge is 0.139 e. The van der Waals surface area contributed by atoms with E-state index in [-0.39, 0.29) is 0 Å². The van der Waals surface area contributed by atoms with Crippen molar-refractivity contribution in [3.63, 3.8) is 0 Å². The van der Waals surface area contributed by atoms with Crippen molar-refractivity contribution >= 4 is 17.6 Å². The van der Waals surface area contributed by atoms with E-state index in [4.69, 9.17) is 5.84 Å². The van der Waals surface area contributed by atoms with E-state index < -0.39 is 0 Å². The Morgan fingerprint density at radius 2 is 2.36 bits per heavy atom. The van der Waals surface area contributed by atoms with Crippen molar-refractivity contribution < 1.29 is 0 Å². The molecule has 0 amide bonds. The Morgan fingerprint density at radius 1 is 1.50 bits per heavy atom. The molecule has 0 saturated heterocycles. The van der Waals surface area contributed by atoms with Crippen LogP contribution in [-0.2, 0) is 5.75 Å². The number of hydrogen-bond donors (Lipinski definition) is 2. The first-order chi connectivity index (χ1) is 6.86. The van der Waals surface area contributed by atoms with Gasteiger partial charge < -0.3 is 5.43 Å². The Bertz CT molecular complexity index is 248. The first kappa shape index (κ1) is 11.3. The van der Waals surface area contributed by atoms with Gasteiger partial charge in [-0.3, -0.25) is 0 Å². The van der Waals surface area contributed by atoms with Gasteiger partial charge in [0.15, 0.2) is 0 Å². The standard InChI is InChI=1S/C10H17N3S/c1-2-3-6-14-8-9-4-5-10(13-11)12-7-9/h4-5,7H,2-3,6,8,11H2,1H3,(H,12,13). The summed E-state index contributed by atoms with van der Waals surface area (Å²) in [5, 5.41) is 0. The zero-order chi connectivity index (χ0) is 10.2. The number of nitrogens with two attached hydrogens (primary N) is 1. The van der Waals surface area contributed by atoms with Gasteiger partial charge in [0.2, 0.25) is 0 Å². The Balaban J connectivity index is 2.29. The average Bonchev–Trinajstić information content (AvgIpc) is 2.25. The van der Waals surface area contributed by atoms with Gasteiger partial charge in [0.05, 0.1) is 0 Å². The number of nitrogens with one attached hydrogen (secondary N) is 1. The molecule has 0 bridgehead atoms. The molecule has 0 saturated carbocycles. The summed E-state index contributed by atoms with van der Waals surface area (Å²) in [4.78, 5) is 4.15. The highest BCUT2D eigenvalue weighted by atomic mass is 32.2. The van der Waals surface area contributed by atoms with E-state index in [1.165, 1.54) is 24.2 Å². The van der Waals surface area contributed by atoms with Crippen LogP contribution in [0.5, 0.6) is 0 Å². The van der Waals surface area contributed by atoms with Crippen LogP contribution < -0.4 is 11.3 Å². The summed E-state index contributed by atoms with van der Waals surface area (Å²) >= 11 is 1.95. The van der Waals surface area contributed by atoms with Gasteiger partial charge in [0.25, 0.3) is 0 Å². The summed E-state index contributed by atoms with van der Waals surface area (Å²) in [7, 11) is 0. The van der Waals surface area contributed by atoms with Crippen molar-refractivity contribution in [1.82, 2.24) is 4.98 Å². The van der Waals surface area contributed by atoms with E-state index in [1.807, 2.05) is 24.0 Å².